The van der Waals surface area contributed by atoms with Crippen LogP contribution in [0.1, 0.15) is 0 Å². The van der Waals surface area contributed by atoms with Crippen molar-refractivity contribution in [2.45, 2.75) is 6.10 Å². The van der Waals surface area contributed by atoms with Crippen molar-refractivity contribution in [1.29, 1.82) is 0 Å². The molecule has 1 unspecified atom stereocenters. The molecule has 1 aromatic rings. The van der Waals surface area contributed by atoms with Crippen LogP contribution in [0.2, 0.25) is 0 Å². The highest BCUT2D eigenvalue weighted by atomic mass is 16.3. The van der Waals surface area contributed by atoms with Crippen molar-refractivity contribution < 1.29 is 5.11 Å². The molecule has 1 aliphatic heterocycles. The summed E-state index contributed by atoms with van der Waals surface area (Å²) in [5.41, 5.74) is 3.78. The van der Waals surface area contributed by atoms with Crippen molar-refractivity contribution in [3.8, 4) is 0 Å². The number of hydrazine groups is 1. The predicted octanol–water partition coefficient (Wildman–Crippen LogP) is -0.367. The van der Waals surface area contributed by atoms with Crippen molar-refractivity contribution in [3.63, 3.8) is 0 Å². The minimum Gasteiger partial charge on any atom is -0.390 e. The number of rotatable bonds is 5. The minimum absolute atomic E-state index is 0.390. The number of aliphatic hydroxyl groups excluding tert-OH is 1. The van der Waals surface area contributed by atoms with E-state index in [1.165, 1.54) is 5.69 Å². The molecule has 1 heterocycles. The number of hydrogen-bond acceptors (Lipinski definition) is 5. The molecule has 1 aliphatic rings. The number of nitrogens with two attached hydrogens (primary N) is 1. The summed E-state index contributed by atoms with van der Waals surface area (Å²) < 4.78 is 0. The molecule has 1 fully saturated rings. The monoisotopic (exact) mass is 250 g/mol. The molecule has 100 valence electrons. The van der Waals surface area contributed by atoms with Crippen molar-refractivity contribution in [2.24, 2.45) is 5.84 Å². The van der Waals surface area contributed by atoms with Gasteiger partial charge in [0.15, 0.2) is 0 Å². The number of para-hydroxylation sites is 1. The fourth-order valence-corrected chi connectivity index (χ4v) is 2.33. The molecule has 2 rings (SSSR count). The number of benzene rings is 1. The van der Waals surface area contributed by atoms with Gasteiger partial charge in [0.1, 0.15) is 0 Å². The lowest BCUT2D eigenvalue weighted by Crippen LogP contribution is -2.50. The number of aliphatic hydroxyl groups is 1. The van der Waals surface area contributed by atoms with Crippen LogP contribution in [0.5, 0.6) is 0 Å². The van der Waals surface area contributed by atoms with Crippen LogP contribution in [0.25, 0.3) is 0 Å². The maximum absolute atomic E-state index is 9.69. The normalized spacial score (nSPS) is 18.9. The maximum atomic E-state index is 9.69. The maximum Gasteiger partial charge on any atom is 0.0805 e. The molecule has 1 atom stereocenters. The predicted molar refractivity (Wildman–Crippen MR) is 73.3 cm³/mol. The second-order valence-corrected chi connectivity index (χ2v) is 4.69. The Labute approximate surface area is 108 Å². The average Bonchev–Trinajstić information content (AvgIpc) is 2.41. The van der Waals surface area contributed by atoms with Crippen LogP contribution in [0.3, 0.4) is 0 Å². The van der Waals surface area contributed by atoms with E-state index in [2.05, 4.69) is 39.5 Å². The Bertz CT molecular complexity index is 338. The van der Waals surface area contributed by atoms with Crippen LogP contribution in [0.15, 0.2) is 30.3 Å². The molecule has 1 saturated heterocycles. The quantitative estimate of drug-likeness (QED) is 0.492. The summed E-state index contributed by atoms with van der Waals surface area (Å²) in [6.45, 7) is 5.11. The third kappa shape index (κ3) is 3.68. The smallest absolute Gasteiger partial charge is 0.0805 e. The van der Waals surface area contributed by atoms with Crippen LogP contribution in [0, 0.1) is 0 Å². The van der Waals surface area contributed by atoms with E-state index >= 15 is 0 Å². The van der Waals surface area contributed by atoms with Gasteiger partial charge < -0.3 is 10.0 Å². The molecule has 4 N–H and O–H groups in total. The SMILES string of the molecule is NNCC(O)CN1CCN(c2ccccc2)CC1. The summed E-state index contributed by atoms with van der Waals surface area (Å²) in [5, 5.41) is 9.69. The molecule has 5 heteroatoms. The molecule has 1 aromatic carbocycles. The minimum atomic E-state index is -0.390. The number of piperazine rings is 1. The molecule has 18 heavy (non-hydrogen) atoms. The molecular weight excluding hydrogens is 228 g/mol. The lowest BCUT2D eigenvalue weighted by molar-refractivity contribution is 0.108. The largest absolute Gasteiger partial charge is 0.390 e. The highest BCUT2D eigenvalue weighted by molar-refractivity contribution is 5.46. The first kappa shape index (κ1) is 13.3. The van der Waals surface area contributed by atoms with Gasteiger partial charge in [0.25, 0.3) is 0 Å². The van der Waals surface area contributed by atoms with Gasteiger partial charge in [0, 0.05) is 45.0 Å². The second-order valence-electron chi connectivity index (χ2n) is 4.69. The van der Waals surface area contributed by atoms with Gasteiger partial charge in [-0.2, -0.15) is 0 Å². The lowest BCUT2D eigenvalue weighted by atomic mass is 10.2. The first-order valence-corrected chi connectivity index (χ1v) is 6.43. The Balaban J connectivity index is 1.78. The van der Waals surface area contributed by atoms with Crippen LogP contribution in [0.4, 0.5) is 5.69 Å². The summed E-state index contributed by atoms with van der Waals surface area (Å²) in [4.78, 5) is 4.66. The van der Waals surface area contributed by atoms with E-state index in [1.807, 2.05) is 6.07 Å². The van der Waals surface area contributed by atoms with Gasteiger partial charge in [-0.1, -0.05) is 18.2 Å². The molecule has 0 amide bonds. The summed E-state index contributed by atoms with van der Waals surface area (Å²) in [6, 6.07) is 10.5. The molecular formula is C13H22N4O. The van der Waals surface area contributed by atoms with Crippen LogP contribution in [-0.4, -0.2) is 55.4 Å². The Morgan fingerprint density at radius 3 is 2.44 bits per heavy atom. The van der Waals surface area contributed by atoms with Crippen LogP contribution >= 0.6 is 0 Å². The Hall–Kier alpha value is -1.14. The van der Waals surface area contributed by atoms with E-state index < -0.39 is 6.10 Å². The van der Waals surface area contributed by atoms with Gasteiger partial charge in [-0.3, -0.25) is 16.2 Å². The molecule has 0 aromatic heterocycles. The first-order chi connectivity index (χ1) is 8.79. The number of nitrogens with zero attached hydrogens (tertiary/aromatic N) is 2. The molecule has 0 aliphatic carbocycles. The fraction of sp³-hybridized carbons (Fsp3) is 0.538. The summed E-state index contributed by atoms with van der Waals surface area (Å²) in [5.74, 6) is 5.20. The Morgan fingerprint density at radius 2 is 1.83 bits per heavy atom. The number of β-amino-alcohol motifs (C(OH)–C–C–N with tert-alkyl or cyclic N) is 1. The third-order valence-electron chi connectivity index (χ3n) is 3.32. The number of hydrogen-bond donors (Lipinski definition) is 3. The van der Waals surface area contributed by atoms with Crippen LogP contribution in [-0.2, 0) is 0 Å². The van der Waals surface area contributed by atoms with Gasteiger partial charge in [0.05, 0.1) is 6.10 Å². The van der Waals surface area contributed by atoms with E-state index in [1.54, 1.807) is 0 Å². The zero-order valence-corrected chi connectivity index (χ0v) is 10.6. The molecule has 0 saturated carbocycles. The summed E-state index contributed by atoms with van der Waals surface area (Å²) in [7, 11) is 0. The first-order valence-electron chi connectivity index (χ1n) is 6.43. The summed E-state index contributed by atoms with van der Waals surface area (Å²) in [6.07, 6.45) is -0.390. The van der Waals surface area contributed by atoms with Crippen molar-refractivity contribution in [3.05, 3.63) is 30.3 Å². The van der Waals surface area contributed by atoms with E-state index in [-0.39, 0.29) is 0 Å². The van der Waals surface area contributed by atoms with Crippen molar-refractivity contribution >= 4 is 5.69 Å². The van der Waals surface area contributed by atoms with Crippen LogP contribution < -0.4 is 16.2 Å². The number of nitrogens with one attached hydrogen (secondary N) is 1. The highest BCUT2D eigenvalue weighted by Crippen LogP contribution is 2.15. The van der Waals surface area contributed by atoms with Gasteiger partial charge in [-0.15, -0.1) is 0 Å². The zero-order valence-electron chi connectivity index (χ0n) is 10.6. The third-order valence-corrected chi connectivity index (χ3v) is 3.32. The van der Waals surface area contributed by atoms with Gasteiger partial charge in [-0.05, 0) is 12.1 Å². The molecule has 0 radical (unpaired) electrons. The van der Waals surface area contributed by atoms with Crippen molar-refractivity contribution in [1.82, 2.24) is 10.3 Å². The highest BCUT2D eigenvalue weighted by Gasteiger charge is 2.18. The van der Waals surface area contributed by atoms with E-state index in [0.717, 1.165) is 26.2 Å². The second kappa shape index (κ2) is 6.70. The van der Waals surface area contributed by atoms with Gasteiger partial charge >= 0.3 is 0 Å². The van der Waals surface area contributed by atoms with E-state index in [0.29, 0.717) is 13.1 Å². The van der Waals surface area contributed by atoms with E-state index in [4.69, 9.17) is 5.84 Å². The number of anilines is 1. The van der Waals surface area contributed by atoms with E-state index in [9.17, 15) is 5.11 Å². The topological polar surface area (TPSA) is 64.8 Å². The average molecular weight is 250 g/mol. The fourth-order valence-electron chi connectivity index (χ4n) is 2.33. The standard InChI is InChI=1S/C13H22N4O/c14-15-10-13(18)11-16-6-8-17(9-7-16)12-4-2-1-3-5-12/h1-5,13,15,18H,6-11,14H2. The molecule has 5 nitrogen and oxygen atoms in total. The van der Waals surface area contributed by atoms with Crippen molar-refractivity contribution in [2.75, 3.05) is 44.2 Å². The Kier molecular flexibility index (Phi) is 4.95. The van der Waals surface area contributed by atoms with Gasteiger partial charge in [-0.25, -0.2) is 0 Å². The van der Waals surface area contributed by atoms with Gasteiger partial charge in [0.2, 0.25) is 0 Å². The zero-order chi connectivity index (χ0) is 12.8. The molecule has 0 spiro atoms. The summed E-state index contributed by atoms with van der Waals surface area (Å²) >= 11 is 0. The lowest BCUT2D eigenvalue weighted by Gasteiger charge is -2.36. The molecule has 0 bridgehead atoms. The Morgan fingerprint density at radius 1 is 1.17 bits per heavy atom.